The Morgan fingerprint density at radius 1 is 1.21 bits per heavy atom. The summed E-state index contributed by atoms with van der Waals surface area (Å²) >= 11 is 1.60. The summed E-state index contributed by atoms with van der Waals surface area (Å²) in [5, 5.41) is 3.17. The quantitative estimate of drug-likeness (QED) is 0.657. The number of H-pyrrole nitrogens is 1. The number of pyridine rings is 1. The van der Waals surface area contributed by atoms with Crippen molar-refractivity contribution < 1.29 is 0 Å². The van der Waals surface area contributed by atoms with Crippen LogP contribution in [-0.4, -0.2) is 15.0 Å². The molecular weight excluding hydrogens is 194 g/mol. The lowest BCUT2D eigenvalue weighted by molar-refractivity contribution is 1.32. The summed E-state index contributed by atoms with van der Waals surface area (Å²) in [7, 11) is 0. The molecule has 0 spiro atoms. The highest BCUT2D eigenvalue weighted by Crippen LogP contribution is 2.26. The normalized spacial score (nSPS) is 10.9. The van der Waals surface area contributed by atoms with E-state index in [-0.39, 0.29) is 0 Å². The van der Waals surface area contributed by atoms with Gasteiger partial charge in [-0.1, -0.05) is 0 Å². The third-order valence-corrected chi connectivity index (χ3v) is 2.75. The molecule has 14 heavy (non-hydrogen) atoms. The Morgan fingerprint density at radius 3 is 3.07 bits per heavy atom. The van der Waals surface area contributed by atoms with Crippen molar-refractivity contribution in [1.29, 1.82) is 0 Å². The predicted octanol–water partition coefficient (Wildman–Crippen LogP) is 2.69. The van der Waals surface area contributed by atoms with E-state index in [9.17, 15) is 0 Å². The van der Waals surface area contributed by atoms with Crippen LogP contribution in [0.3, 0.4) is 0 Å². The van der Waals surface area contributed by atoms with Crippen molar-refractivity contribution in [2.45, 2.75) is 0 Å². The third-order valence-electron chi connectivity index (χ3n) is 2.17. The van der Waals surface area contributed by atoms with Gasteiger partial charge in [-0.3, -0.25) is 0 Å². The molecule has 0 aromatic carbocycles. The molecule has 0 saturated carbocycles. The number of fused-ring (bicyclic) bond motifs is 1. The lowest BCUT2D eigenvalue weighted by atomic mass is 10.1. The Hall–Kier alpha value is -1.68. The van der Waals surface area contributed by atoms with Gasteiger partial charge >= 0.3 is 0 Å². The van der Waals surface area contributed by atoms with Gasteiger partial charge in [0.25, 0.3) is 0 Å². The van der Waals surface area contributed by atoms with E-state index in [1.54, 1.807) is 17.5 Å². The Labute approximate surface area is 84.5 Å². The highest BCUT2D eigenvalue weighted by molar-refractivity contribution is 7.07. The molecule has 4 heteroatoms. The van der Waals surface area contributed by atoms with Crippen molar-refractivity contribution in [2.24, 2.45) is 0 Å². The second-order valence-electron chi connectivity index (χ2n) is 2.97. The average molecular weight is 201 g/mol. The van der Waals surface area contributed by atoms with Gasteiger partial charge in [-0.15, -0.1) is 11.3 Å². The van der Waals surface area contributed by atoms with Gasteiger partial charge in [0.2, 0.25) is 0 Å². The fourth-order valence-corrected chi connectivity index (χ4v) is 2.08. The number of aromatic amines is 1. The molecule has 0 saturated heterocycles. The van der Waals surface area contributed by atoms with Crippen molar-refractivity contribution in [3.05, 3.63) is 35.4 Å². The molecule has 3 aromatic rings. The van der Waals surface area contributed by atoms with Gasteiger partial charge in [0.15, 0.2) is 0 Å². The second-order valence-corrected chi connectivity index (χ2v) is 3.69. The van der Waals surface area contributed by atoms with E-state index in [0.29, 0.717) is 0 Å². The van der Waals surface area contributed by atoms with Crippen LogP contribution in [0.2, 0.25) is 0 Å². The summed E-state index contributed by atoms with van der Waals surface area (Å²) in [6, 6.07) is 4.02. The number of hydrogen-bond acceptors (Lipinski definition) is 3. The number of rotatable bonds is 1. The van der Waals surface area contributed by atoms with Crippen LogP contribution < -0.4 is 0 Å². The van der Waals surface area contributed by atoms with Crippen LogP contribution in [0, 0.1) is 0 Å². The highest BCUT2D eigenvalue weighted by atomic mass is 32.1. The monoisotopic (exact) mass is 201 g/mol. The maximum absolute atomic E-state index is 4.29. The molecule has 3 rings (SSSR count). The predicted molar refractivity (Wildman–Crippen MR) is 57.2 cm³/mol. The molecule has 0 fully saturated rings. The fourth-order valence-electron chi connectivity index (χ4n) is 1.53. The fraction of sp³-hybridized carbons (Fsp3) is 0. The van der Waals surface area contributed by atoms with Crippen molar-refractivity contribution in [3.8, 4) is 11.3 Å². The van der Waals surface area contributed by atoms with Crippen molar-refractivity contribution in [1.82, 2.24) is 15.0 Å². The zero-order valence-corrected chi connectivity index (χ0v) is 8.08. The molecule has 0 unspecified atom stereocenters. The molecule has 0 amide bonds. The number of thiazole rings is 1. The minimum atomic E-state index is 0.913. The molecule has 3 nitrogen and oxygen atoms in total. The first-order chi connectivity index (χ1) is 6.95. The Balaban J connectivity index is 2.36. The highest BCUT2D eigenvalue weighted by Gasteiger charge is 2.05. The number of nitrogens with zero attached hydrogens (tertiary/aromatic N) is 2. The van der Waals surface area contributed by atoms with Crippen LogP contribution in [0.1, 0.15) is 0 Å². The molecular formula is C10H7N3S. The van der Waals surface area contributed by atoms with Crippen LogP contribution in [0.5, 0.6) is 0 Å². The van der Waals surface area contributed by atoms with E-state index in [1.165, 1.54) is 0 Å². The first-order valence-electron chi connectivity index (χ1n) is 4.26. The molecule has 0 bridgehead atoms. The van der Waals surface area contributed by atoms with E-state index in [1.807, 2.05) is 29.2 Å². The van der Waals surface area contributed by atoms with Gasteiger partial charge in [0.05, 0.1) is 11.2 Å². The Morgan fingerprint density at radius 2 is 2.21 bits per heavy atom. The largest absolute Gasteiger partial charge is 0.346 e. The molecule has 0 atom stereocenters. The summed E-state index contributed by atoms with van der Waals surface area (Å²) < 4.78 is 0. The minimum Gasteiger partial charge on any atom is -0.346 e. The molecule has 0 aliphatic carbocycles. The molecule has 0 radical (unpaired) electrons. The topological polar surface area (TPSA) is 41.6 Å². The first kappa shape index (κ1) is 7.70. The molecule has 1 N–H and O–H groups in total. The zero-order chi connectivity index (χ0) is 9.38. The number of hydrogen-bond donors (Lipinski definition) is 1. The van der Waals surface area contributed by atoms with Gasteiger partial charge in [-0.05, 0) is 12.1 Å². The van der Waals surface area contributed by atoms with Crippen molar-refractivity contribution in [2.75, 3.05) is 0 Å². The van der Waals surface area contributed by atoms with Crippen LogP contribution in [0.15, 0.2) is 35.4 Å². The molecule has 0 aliphatic rings. The standard InChI is InChI=1S/C10H7N3S/c1-3-11-10-8(2-4-12-10)7(1)9-5-14-6-13-9/h1-6H,(H,11,12). The molecule has 0 aliphatic heterocycles. The van der Waals surface area contributed by atoms with Crippen LogP contribution in [0.25, 0.3) is 22.3 Å². The van der Waals surface area contributed by atoms with E-state index >= 15 is 0 Å². The smallest absolute Gasteiger partial charge is 0.137 e. The summed E-state index contributed by atoms with van der Waals surface area (Å²) in [4.78, 5) is 11.6. The van der Waals surface area contributed by atoms with Crippen LogP contribution in [0.4, 0.5) is 0 Å². The average Bonchev–Trinajstić information content (AvgIpc) is 2.88. The Kier molecular flexibility index (Phi) is 1.61. The number of aromatic nitrogens is 3. The van der Waals surface area contributed by atoms with Crippen molar-refractivity contribution in [3.63, 3.8) is 0 Å². The summed E-state index contributed by atoms with van der Waals surface area (Å²) in [5.41, 5.74) is 4.91. The zero-order valence-electron chi connectivity index (χ0n) is 7.27. The van der Waals surface area contributed by atoms with E-state index in [0.717, 1.165) is 22.3 Å². The van der Waals surface area contributed by atoms with Gasteiger partial charge in [0, 0.05) is 28.7 Å². The Bertz CT molecular complexity index is 554. The van der Waals surface area contributed by atoms with E-state index in [4.69, 9.17) is 0 Å². The summed E-state index contributed by atoms with van der Waals surface area (Å²) in [6.07, 6.45) is 3.70. The van der Waals surface area contributed by atoms with Crippen LogP contribution in [-0.2, 0) is 0 Å². The van der Waals surface area contributed by atoms with Crippen molar-refractivity contribution >= 4 is 22.4 Å². The SMILES string of the molecule is c1cc(-c2cscn2)c2cc[nH]c2n1. The molecule has 3 heterocycles. The lowest BCUT2D eigenvalue weighted by Gasteiger charge is -1.97. The third kappa shape index (κ3) is 1.04. The minimum absolute atomic E-state index is 0.913. The van der Waals surface area contributed by atoms with E-state index < -0.39 is 0 Å². The number of nitrogens with one attached hydrogen (secondary N) is 1. The molecule has 68 valence electrons. The van der Waals surface area contributed by atoms with Gasteiger partial charge in [0.1, 0.15) is 5.65 Å². The maximum Gasteiger partial charge on any atom is 0.137 e. The first-order valence-corrected chi connectivity index (χ1v) is 5.20. The van der Waals surface area contributed by atoms with Gasteiger partial charge in [-0.2, -0.15) is 0 Å². The van der Waals surface area contributed by atoms with E-state index in [2.05, 4.69) is 15.0 Å². The lowest BCUT2D eigenvalue weighted by Crippen LogP contribution is -1.81. The maximum atomic E-state index is 4.29. The van der Waals surface area contributed by atoms with Crippen LogP contribution >= 0.6 is 11.3 Å². The molecule has 3 aromatic heterocycles. The summed E-state index contributed by atoms with van der Waals surface area (Å²) in [5.74, 6) is 0. The second kappa shape index (κ2) is 2.92. The van der Waals surface area contributed by atoms with Gasteiger partial charge < -0.3 is 4.98 Å². The summed E-state index contributed by atoms with van der Waals surface area (Å²) in [6.45, 7) is 0. The van der Waals surface area contributed by atoms with Gasteiger partial charge in [-0.25, -0.2) is 9.97 Å².